The van der Waals surface area contributed by atoms with Gasteiger partial charge >= 0.3 is 0 Å². The predicted molar refractivity (Wildman–Crippen MR) is 62.7 cm³/mol. The molecule has 0 atom stereocenters. The second-order valence-corrected chi connectivity index (χ2v) is 5.13. The van der Waals surface area contributed by atoms with Crippen molar-refractivity contribution in [3.63, 3.8) is 0 Å². The van der Waals surface area contributed by atoms with Crippen LogP contribution in [0.4, 0.5) is 0 Å². The third kappa shape index (κ3) is 6.39. The molecule has 86 valence electrons. The van der Waals surface area contributed by atoms with Crippen molar-refractivity contribution in [3.05, 3.63) is 0 Å². The van der Waals surface area contributed by atoms with Crippen LogP contribution in [0.15, 0.2) is 0 Å². The maximum Gasteiger partial charge on any atom is 0.0624 e. The van der Waals surface area contributed by atoms with Crippen LogP contribution in [0.1, 0.15) is 54.4 Å². The highest BCUT2D eigenvalue weighted by atomic mass is 16.5. The summed E-state index contributed by atoms with van der Waals surface area (Å²) >= 11 is 0. The minimum Gasteiger partial charge on any atom is -0.374 e. The smallest absolute Gasteiger partial charge is 0.0624 e. The van der Waals surface area contributed by atoms with Crippen LogP contribution in [0.25, 0.3) is 0 Å². The van der Waals surface area contributed by atoms with E-state index >= 15 is 0 Å². The van der Waals surface area contributed by atoms with E-state index in [0.717, 1.165) is 26.0 Å². The van der Waals surface area contributed by atoms with Crippen molar-refractivity contribution in [2.24, 2.45) is 0 Å². The molecule has 0 fully saturated rings. The first-order valence-corrected chi connectivity index (χ1v) is 5.72. The van der Waals surface area contributed by atoms with E-state index in [1.54, 1.807) is 0 Å². The molecule has 0 radical (unpaired) electrons. The lowest BCUT2D eigenvalue weighted by molar-refractivity contribution is -0.0198. The average molecular weight is 201 g/mol. The van der Waals surface area contributed by atoms with Gasteiger partial charge in [0, 0.05) is 12.1 Å². The second-order valence-electron chi connectivity index (χ2n) is 5.13. The first-order valence-electron chi connectivity index (χ1n) is 5.72. The summed E-state index contributed by atoms with van der Waals surface area (Å²) in [5.41, 5.74) is 0.262. The summed E-state index contributed by atoms with van der Waals surface area (Å²) in [5, 5.41) is 3.48. The molecular formula is C12H27NO. The number of hydrogen-bond donors (Lipinski definition) is 1. The zero-order valence-electron chi connectivity index (χ0n) is 10.7. The number of hydrogen-bond acceptors (Lipinski definition) is 2. The molecule has 0 saturated carbocycles. The van der Waals surface area contributed by atoms with Crippen LogP contribution in [-0.4, -0.2) is 24.3 Å². The molecule has 0 rings (SSSR count). The van der Waals surface area contributed by atoms with Crippen LogP contribution in [0.5, 0.6) is 0 Å². The van der Waals surface area contributed by atoms with Gasteiger partial charge in [-0.2, -0.15) is 0 Å². The van der Waals surface area contributed by atoms with Gasteiger partial charge in [0.15, 0.2) is 0 Å². The van der Waals surface area contributed by atoms with Gasteiger partial charge in [0.05, 0.1) is 12.2 Å². The molecular weight excluding hydrogens is 174 g/mol. The standard InChI is InChI=1S/C12H27NO/c1-7-11(3,4)13-9-10-14-12(5,6)8-2/h13H,7-10H2,1-6H3. The SMILES string of the molecule is CCC(C)(C)NCCOC(C)(C)CC. The normalized spacial score (nSPS) is 13.3. The highest BCUT2D eigenvalue weighted by molar-refractivity contribution is 4.75. The molecule has 0 bridgehead atoms. The molecule has 0 amide bonds. The van der Waals surface area contributed by atoms with Crippen molar-refractivity contribution in [1.29, 1.82) is 0 Å². The second kappa shape index (κ2) is 5.72. The molecule has 0 aromatic heterocycles. The van der Waals surface area contributed by atoms with Gasteiger partial charge in [-0.05, 0) is 40.5 Å². The largest absolute Gasteiger partial charge is 0.374 e. The molecule has 0 aliphatic rings. The van der Waals surface area contributed by atoms with Crippen molar-refractivity contribution in [3.8, 4) is 0 Å². The summed E-state index contributed by atoms with van der Waals surface area (Å²) in [6.07, 6.45) is 2.20. The van der Waals surface area contributed by atoms with E-state index in [-0.39, 0.29) is 11.1 Å². The molecule has 0 aliphatic heterocycles. The third-order valence-corrected chi connectivity index (χ3v) is 2.93. The molecule has 0 heterocycles. The maximum atomic E-state index is 5.76. The van der Waals surface area contributed by atoms with E-state index in [9.17, 15) is 0 Å². The molecule has 0 aliphatic carbocycles. The van der Waals surface area contributed by atoms with Crippen molar-refractivity contribution in [1.82, 2.24) is 5.32 Å². The zero-order valence-corrected chi connectivity index (χ0v) is 10.7. The average Bonchev–Trinajstić information content (AvgIpc) is 2.13. The highest BCUT2D eigenvalue weighted by Crippen LogP contribution is 2.13. The summed E-state index contributed by atoms with van der Waals surface area (Å²) in [6.45, 7) is 14.8. The minimum absolute atomic E-state index is 0.0258. The summed E-state index contributed by atoms with van der Waals surface area (Å²) in [4.78, 5) is 0. The van der Waals surface area contributed by atoms with Gasteiger partial charge in [0.1, 0.15) is 0 Å². The van der Waals surface area contributed by atoms with Crippen LogP contribution in [0, 0.1) is 0 Å². The Morgan fingerprint density at radius 2 is 1.57 bits per heavy atom. The number of nitrogens with one attached hydrogen (secondary N) is 1. The van der Waals surface area contributed by atoms with Crippen LogP contribution in [0.3, 0.4) is 0 Å². The number of ether oxygens (including phenoxy) is 1. The molecule has 14 heavy (non-hydrogen) atoms. The Balaban J connectivity index is 3.57. The molecule has 1 N–H and O–H groups in total. The van der Waals surface area contributed by atoms with Crippen LogP contribution >= 0.6 is 0 Å². The summed E-state index contributed by atoms with van der Waals surface area (Å²) in [5.74, 6) is 0. The van der Waals surface area contributed by atoms with Gasteiger partial charge in [-0.15, -0.1) is 0 Å². The van der Waals surface area contributed by atoms with E-state index < -0.39 is 0 Å². The van der Waals surface area contributed by atoms with Crippen molar-refractivity contribution < 1.29 is 4.74 Å². The summed E-state index contributed by atoms with van der Waals surface area (Å²) in [6, 6.07) is 0. The summed E-state index contributed by atoms with van der Waals surface area (Å²) in [7, 11) is 0. The fourth-order valence-corrected chi connectivity index (χ4v) is 0.944. The van der Waals surface area contributed by atoms with Crippen LogP contribution < -0.4 is 5.32 Å². The predicted octanol–water partition coefficient (Wildman–Crippen LogP) is 2.97. The van der Waals surface area contributed by atoms with Gasteiger partial charge < -0.3 is 10.1 Å². The first kappa shape index (κ1) is 13.9. The van der Waals surface area contributed by atoms with E-state index in [1.807, 2.05) is 0 Å². The van der Waals surface area contributed by atoms with Crippen molar-refractivity contribution in [2.75, 3.05) is 13.2 Å². The van der Waals surface area contributed by atoms with Gasteiger partial charge in [0.2, 0.25) is 0 Å². The Kier molecular flexibility index (Phi) is 5.68. The lowest BCUT2D eigenvalue weighted by Gasteiger charge is -2.27. The quantitative estimate of drug-likeness (QED) is 0.639. The van der Waals surface area contributed by atoms with Crippen molar-refractivity contribution in [2.45, 2.75) is 65.5 Å². The maximum absolute atomic E-state index is 5.76. The molecule has 0 spiro atoms. The monoisotopic (exact) mass is 201 g/mol. The Morgan fingerprint density at radius 1 is 1.00 bits per heavy atom. The Hall–Kier alpha value is -0.0800. The van der Waals surface area contributed by atoms with Crippen molar-refractivity contribution >= 4 is 0 Å². The summed E-state index contributed by atoms with van der Waals surface area (Å²) < 4.78 is 5.76. The molecule has 2 nitrogen and oxygen atoms in total. The third-order valence-electron chi connectivity index (χ3n) is 2.93. The van der Waals surface area contributed by atoms with E-state index in [0.29, 0.717) is 0 Å². The van der Waals surface area contributed by atoms with E-state index in [4.69, 9.17) is 4.74 Å². The molecule has 0 aromatic rings. The lowest BCUT2D eigenvalue weighted by atomic mass is 10.0. The lowest BCUT2D eigenvalue weighted by Crippen LogP contribution is -2.41. The molecule has 0 unspecified atom stereocenters. The number of rotatable bonds is 7. The Bertz CT molecular complexity index is 134. The fourth-order valence-electron chi connectivity index (χ4n) is 0.944. The van der Waals surface area contributed by atoms with Gasteiger partial charge in [-0.3, -0.25) is 0 Å². The molecule has 0 saturated heterocycles. The van der Waals surface area contributed by atoms with Gasteiger partial charge in [0.25, 0.3) is 0 Å². The Labute approximate surface area is 89.4 Å². The van der Waals surface area contributed by atoms with Gasteiger partial charge in [-0.1, -0.05) is 13.8 Å². The van der Waals surface area contributed by atoms with E-state index in [1.165, 1.54) is 0 Å². The highest BCUT2D eigenvalue weighted by Gasteiger charge is 2.16. The topological polar surface area (TPSA) is 21.3 Å². The minimum atomic E-state index is 0.0258. The van der Waals surface area contributed by atoms with Crippen LogP contribution in [0.2, 0.25) is 0 Å². The van der Waals surface area contributed by atoms with Crippen LogP contribution in [-0.2, 0) is 4.74 Å². The van der Waals surface area contributed by atoms with E-state index in [2.05, 4.69) is 46.9 Å². The zero-order chi connectivity index (χ0) is 11.2. The van der Waals surface area contributed by atoms with Gasteiger partial charge in [-0.25, -0.2) is 0 Å². The molecule has 0 aromatic carbocycles. The first-order chi connectivity index (χ1) is 6.33. The fraction of sp³-hybridized carbons (Fsp3) is 1.00. The Morgan fingerprint density at radius 3 is 2.00 bits per heavy atom. The molecule has 2 heteroatoms.